The molecule has 31 heavy (non-hydrogen) atoms. The Morgan fingerprint density at radius 2 is 1.74 bits per heavy atom. The maximum Gasteiger partial charge on any atom is 0.231 e. The maximum absolute atomic E-state index is 5.67. The molecule has 1 fully saturated rings. The molecule has 2 N–H and O–H groups in total. The van der Waals surface area contributed by atoms with Gasteiger partial charge in [-0.15, -0.1) is 24.0 Å². The smallest absolute Gasteiger partial charge is 0.231 e. The van der Waals surface area contributed by atoms with Gasteiger partial charge in [0, 0.05) is 57.4 Å². The first-order valence-electron chi connectivity index (χ1n) is 11.1. The van der Waals surface area contributed by atoms with Crippen molar-refractivity contribution in [1.82, 2.24) is 15.5 Å². The van der Waals surface area contributed by atoms with Crippen molar-refractivity contribution in [3.05, 3.63) is 23.8 Å². The van der Waals surface area contributed by atoms with E-state index in [4.69, 9.17) is 14.2 Å². The van der Waals surface area contributed by atoms with E-state index in [-0.39, 0.29) is 29.4 Å². The summed E-state index contributed by atoms with van der Waals surface area (Å²) in [6, 6.07) is 7.37. The Balaban J connectivity index is 0.00000341. The van der Waals surface area contributed by atoms with Gasteiger partial charge in [-0.05, 0) is 58.2 Å². The number of hydrogen-bond donors (Lipinski definition) is 2. The van der Waals surface area contributed by atoms with Crippen molar-refractivity contribution in [2.24, 2.45) is 4.99 Å². The summed E-state index contributed by atoms with van der Waals surface area (Å²) in [7, 11) is 1.83. The molecule has 0 spiro atoms. The molecular formula is C23H39IN4O3. The van der Waals surface area contributed by atoms with E-state index in [1.54, 1.807) is 0 Å². The number of nitrogens with zero attached hydrogens (tertiary/aromatic N) is 2. The molecule has 0 unspecified atom stereocenters. The number of nitrogens with one attached hydrogen (secondary N) is 2. The maximum atomic E-state index is 5.67. The minimum absolute atomic E-state index is 0. The standard InChI is InChI=1S/C23H38N4O3.HI/c1-17(2)27(18(3)4)11-10-25-22(24-5)26-15-23(8-12-28-13-9-23)19-6-7-20-21(14-19)30-16-29-20;/h6-7,14,17-18H,8-13,15-16H2,1-5H3,(H2,24,25,26);1H. The van der Waals surface area contributed by atoms with Crippen molar-refractivity contribution in [2.45, 2.75) is 58.0 Å². The predicted octanol–water partition coefficient (Wildman–Crippen LogP) is 3.37. The van der Waals surface area contributed by atoms with E-state index < -0.39 is 0 Å². The topological polar surface area (TPSA) is 67.4 Å². The van der Waals surface area contributed by atoms with Crippen LogP contribution in [0.25, 0.3) is 0 Å². The first kappa shape index (κ1) is 26.0. The first-order valence-corrected chi connectivity index (χ1v) is 11.1. The molecule has 0 amide bonds. The van der Waals surface area contributed by atoms with Crippen LogP contribution < -0.4 is 20.1 Å². The molecule has 0 aliphatic carbocycles. The zero-order valence-electron chi connectivity index (χ0n) is 19.6. The Labute approximate surface area is 204 Å². The molecule has 0 atom stereocenters. The lowest BCUT2D eigenvalue weighted by Crippen LogP contribution is -2.49. The molecule has 1 aromatic rings. The fourth-order valence-corrected chi connectivity index (χ4v) is 4.45. The van der Waals surface area contributed by atoms with Gasteiger partial charge < -0.3 is 24.8 Å². The van der Waals surface area contributed by atoms with E-state index >= 15 is 0 Å². The number of halogens is 1. The predicted molar refractivity (Wildman–Crippen MR) is 136 cm³/mol. The van der Waals surface area contributed by atoms with Crippen LogP contribution in [0.1, 0.15) is 46.1 Å². The molecule has 0 aromatic heterocycles. The van der Waals surface area contributed by atoms with E-state index in [9.17, 15) is 0 Å². The summed E-state index contributed by atoms with van der Waals surface area (Å²) >= 11 is 0. The highest BCUT2D eigenvalue weighted by Crippen LogP contribution is 2.40. The number of benzene rings is 1. The second-order valence-electron chi connectivity index (χ2n) is 8.74. The van der Waals surface area contributed by atoms with Crippen molar-refractivity contribution in [1.29, 1.82) is 0 Å². The van der Waals surface area contributed by atoms with Crippen LogP contribution in [0.2, 0.25) is 0 Å². The Morgan fingerprint density at radius 1 is 1.06 bits per heavy atom. The van der Waals surface area contributed by atoms with Gasteiger partial charge in [-0.2, -0.15) is 0 Å². The lowest BCUT2D eigenvalue weighted by Gasteiger charge is -2.38. The van der Waals surface area contributed by atoms with Crippen LogP contribution >= 0.6 is 24.0 Å². The average molecular weight is 546 g/mol. The summed E-state index contributed by atoms with van der Waals surface area (Å²) in [4.78, 5) is 6.92. The number of rotatable bonds is 8. The van der Waals surface area contributed by atoms with Crippen LogP contribution in [0, 0.1) is 0 Å². The Hall–Kier alpha value is -1.26. The molecule has 2 aliphatic rings. The van der Waals surface area contributed by atoms with Crippen molar-refractivity contribution in [3.63, 3.8) is 0 Å². The molecule has 3 rings (SSSR count). The lowest BCUT2D eigenvalue weighted by atomic mass is 9.74. The Morgan fingerprint density at radius 3 is 2.39 bits per heavy atom. The number of aliphatic imine (C=N–C) groups is 1. The Bertz CT molecular complexity index is 713. The molecule has 0 radical (unpaired) electrons. The molecule has 0 saturated carbocycles. The number of ether oxygens (including phenoxy) is 3. The van der Waals surface area contributed by atoms with E-state index in [2.05, 4.69) is 60.4 Å². The fourth-order valence-electron chi connectivity index (χ4n) is 4.45. The fraction of sp³-hybridized carbons (Fsp3) is 0.696. The third kappa shape index (κ3) is 6.61. The molecule has 2 heterocycles. The van der Waals surface area contributed by atoms with E-state index in [1.807, 2.05) is 13.1 Å². The quantitative estimate of drug-likeness (QED) is 0.296. The van der Waals surface area contributed by atoms with Crippen molar-refractivity contribution < 1.29 is 14.2 Å². The van der Waals surface area contributed by atoms with Crippen molar-refractivity contribution in [3.8, 4) is 11.5 Å². The summed E-state index contributed by atoms with van der Waals surface area (Å²) in [6.07, 6.45) is 1.93. The van der Waals surface area contributed by atoms with Gasteiger partial charge >= 0.3 is 0 Å². The molecule has 0 bridgehead atoms. The van der Waals surface area contributed by atoms with Gasteiger partial charge in [-0.25, -0.2) is 0 Å². The van der Waals surface area contributed by atoms with E-state index in [1.165, 1.54) is 5.56 Å². The zero-order valence-corrected chi connectivity index (χ0v) is 21.9. The molecule has 1 aromatic carbocycles. The van der Waals surface area contributed by atoms with Crippen LogP contribution in [-0.4, -0.2) is 69.6 Å². The van der Waals surface area contributed by atoms with Crippen LogP contribution in [0.3, 0.4) is 0 Å². The van der Waals surface area contributed by atoms with Gasteiger partial charge in [0.15, 0.2) is 17.5 Å². The second-order valence-corrected chi connectivity index (χ2v) is 8.74. The minimum Gasteiger partial charge on any atom is -0.454 e. The van der Waals surface area contributed by atoms with Crippen molar-refractivity contribution >= 4 is 29.9 Å². The highest BCUT2D eigenvalue weighted by molar-refractivity contribution is 14.0. The van der Waals surface area contributed by atoms with Gasteiger partial charge in [0.2, 0.25) is 6.79 Å². The van der Waals surface area contributed by atoms with Gasteiger partial charge in [0.25, 0.3) is 0 Å². The third-order valence-electron chi connectivity index (χ3n) is 6.24. The zero-order chi connectivity index (χ0) is 21.6. The summed E-state index contributed by atoms with van der Waals surface area (Å²) in [5, 5.41) is 7.05. The van der Waals surface area contributed by atoms with Crippen molar-refractivity contribution in [2.75, 3.05) is 46.7 Å². The van der Waals surface area contributed by atoms with E-state index in [0.717, 1.165) is 63.1 Å². The Kier molecular flexibility index (Phi) is 10.2. The second kappa shape index (κ2) is 12.1. The monoisotopic (exact) mass is 546 g/mol. The number of hydrogen-bond acceptors (Lipinski definition) is 5. The summed E-state index contributed by atoms with van der Waals surface area (Å²) in [6.45, 7) is 13.4. The van der Waals surface area contributed by atoms with Gasteiger partial charge in [0.1, 0.15) is 0 Å². The third-order valence-corrected chi connectivity index (χ3v) is 6.24. The molecule has 1 saturated heterocycles. The largest absolute Gasteiger partial charge is 0.454 e. The lowest BCUT2D eigenvalue weighted by molar-refractivity contribution is 0.0513. The summed E-state index contributed by atoms with van der Waals surface area (Å²) in [5.41, 5.74) is 1.25. The molecule has 176 valence electrons. The SMILES string of the molecule is CN=C(NCCN(C(C)C)C(C)C)NCC1(c2ccc3c(c2)OCO3)CCOCC1.I. The number of guanidine groups is 1. The molecular weight excluding hydrogens is 507 g/mol. The highest BCUT2D eigenvalue weighted by Gasteiger charge is 2.35. The molecule has 8 heteroatoms. The molecule has 7 nitrogen and oxygen atoms in total. The normalized spacial score (nSPS) is 17.7. The van der Waals surface area contributed by atoms with Gasteiger partial charge in [-0.3, -0.25) is 9.89 Å². The van der Waals surface area contributed by atoms with Crippen LogP contribution in [-0.2, 0) is 10.2 Å². The summed E-state index contributed by atoms with van der Waals surface area (Å²) < 4.78 is 16.8. The van der Waals surface area contributed by atoms with Crippen LogP contribution in [0.15, 0.2) is 23.2 Å². The number of fused-ring (bicyclic) bond motifs is 1. The van der Waals surface area contributed by atoms with Crippen LogP contribution in [0.5, 0.6) is 11.5 Å². The van der Waals surface area contributed by atoms with Crippen LogP contribution in [0.4, 0.5) is 0 Å². The highest BCUT2D eigenvalue weighted by atomic mass is 127. The van der Waals surface area contributed by atoms with Gasteiger partial charge in [0.05, 0.1) is 0 Å². The summed E-state index contributed by atoms with van der Waals surface area (Å²) in [5.74, 6) is 2.50. The van der Waals surface area contributed by atoms with E-state index in [0.29, 0.717) is 18.9 Å². The van der Waals surface area contributed by atoms with Gasteiger partial charge in [-0.1, -0.05) is 6.07 Å². The first-order chi connectivity index (χ1) is 14.4. The molecule has 2 aliphatic heterocycles. The minimum atomic E-state index is -0.0151. The average Bonchev–Trinajstić information content (AvgIpc) is 3.21.